The highest BCUT2D eigenvalue weighted by atomic mass is 16.5. The summed E-state index contributed by atoms with van der Waals surface area (Å²) in [5.74, 6) is 1.66. The molecule has 2 aromatic rings. The van der Waals surface area contributed by atoms with Gasteiger partial charge in [-0.15, -0.1) is 4.68 Å². The molecule has 25 heavy (non-hydrogen) atoms. The first-order valence-electron chi connectivity index (χ1n) is 8.31. The Bertz CT molecular complexity index is 718. The zero-order valence-corrected chi connectivity index (χ0v) is 14.9. The summed E-state index contributed by atoms with van der Waals surface area (Å²) >= 11 is 0. The summed E-state index contributed by atoms with van der Waals surface area (Å²) in [6.45, 7) is 2.08. The quantitative estimate of drug-likeness (QED) is 0.761. The Morgan fingerprint density at radius 1 is 1.16 bits per heavy atom. The normalized spacial score (nSPS) is 10.7. The second kappa shape index (κ2) is 8.41. The second-order valence-electron chi connectivity index (χ2n) is 5.83. The van der Waals surface area contributed by atoms with Gasteiger partial charge >= 0.3 is 6.09 Å². The Hall–Kier alpha value is -2.70. The molecule has 0 aliphatic rings. The van der Waals surface area contributed by atoms with Gasteiger partial charge in [0.2, 0.25) is 0 Å². The van der Waals surface area contributed by atoms with Crippen LogP contribution in [-0.4, -0.2) is 35.2 Å². The van der Waals surface area contributed by atoms with E-state index in [1.165, 1.54) is 0 Å². The summed E-state index contributed by atoms with van der Waals surface area (Å²) in [7, 11) is 3.22. The number of benzene rings is 1. The average molecular weight is 347 g/mol. The number of nitrogens with zero attached hydrogens (tertiary/aromatic N) is 2. The third-order valence-electron chi connectivity index (χ3n) is 4.13. The number of anilines is 1. The molecule has 7 heteroatoms. The fourth-order valence-electron chi connectivity index (χ4n) is 2.76. The second-order valence-corrected chi connectivity index (χ2v) is 5.83. The number of unbranched alkanes of at least 4 members (excludes halogenated alkanes) is 1. The van der Waals surface area contributed by atoms with Crippen molar-refractivity contribution < 1.29 is 19.4 Å². The molecule has 1 heterocycles. The van der Waals surface area contributed by atoms with E-state index >= 15 is 0 Å². The summed E-state index contributed by atoms with van der Waals surface area (Å²) in [6, 6.07) is 5.69. The van der Waals surface area contributed by atoms with Gasteiger partial charge in [-0.2, -0.15) is 5.10 Å². The number of ether oxygens (including phenoxy) is 2. The minimum Gasteiger partial charge on any atom is -0.497 e. The summed E-state index contributed by atoms with van der Waals surface area (Å²) in [6.07, 6.45) is 2.79. The predicted octanol–water partition coefficient (Wildman–Crippen LogP) is 3.14. The summed E-state index contributed by atoms with van der Waals surface area (Å²) < 4.78 is 11.4. The van der Waals surface area contributed by atoms with E-state index in [1.807, 2.05) is 18.2 Å². The molecule has 0 fully saturated rings. The van der Waals surface area contributed by atoms with Crippen LogP contribution >= 0.6 is 0 Å². The lowest BCUT2D eigenvalue weighted by molar-refractivity contribution is 0.193. The van der Waals surface area contributed by atoms with Crippen LogP contribution in [0.2, 0.25) is 0 Å². The molecule has 7 nitrogen and oxygen atoms in total. The van der Waals surface area contributed by atoms with Crippen molar-refractivity contribution in [2.45, 2.75) is 39.0 Å². The van der Waals surface area contributed by atoms with Crippen LogP contribution in [0.3, 0.4) is 0 Å². The van der Waals surface area contributed by atoms with E-state index in [-0.39, 0.29) is 5.82 Å². The van der Waals surface area contributed by atoms with Gasteiger partial charge in [-0.3, -0.25) is 0 Å². The lowest BCUT2D eigenvalue weighted by Crippen LogP contribution is -2.13. The maximum Gasteiger partial charge on any atom is 0.434 e. The Kier molecular flexibility index (Phi) is 6.27. The monoisotopic (exact) mass is 347 g/mol. The van der Waals surface area contributed by atoms with Crippen LogP contribution < -0.4 is 15.2 Å². The van der Waals surface area contributed by atoms with E-state index < -0.39 is 6.09 Å². The van der Waals surface area contributed by atoms with Crippen molar-refractivity contribution in [2.24, 2.45) is 0 Å². The number of rotatable bonds is 8. The first-order valence-corrected chi connectivity index (χ1v) is 8.31. The van der Waals surface area contributed by atoms with Gasteiger partial charge in [0.1, 0.15) is 17.3 Å². The number of carbonyl (C=O) groups is 1. The molecule has 0 atom stereocenters. The molecular formula is C18H25N3O4. The Morgan fingerprint density at radius 2 is 1.80 bits per heavy atom. The zero-order chi connectivity index (χ0) is 18.4. The van der Waals surface area contributed by atoms with Crippen molar-refractivity contribution in [1.29, 1.82) is 0 Å². The van der Waals surface area contributed by atoms with Crippen molar-refractivity contribution in [3.63, 3.8) is 0 Å². The van der Waals surface area contributed by atoms with E-state index in [2.05, 4.69) is 12.0 Å². The van der Waals surface area contributed by atoms with Crippen molar-refractivity contribution in [3.8, 4) is 11.5 Å². The Balaban J connectivity index is 2.24. The van der Waals surface area contributed by atoms with E-state index in [9.17, 15) is 9.90 Å². The van der Waals surface area contributed by atoms with Gasteiger partial charge in [-0.25, -0.2) is 4.79 Å². The van der Waals surface area contributed by atoms with Crippen molar-refractivity contribution in [1.82, 2.24) is 9.78 Å². The van der Waals surface area contributed by atoms with Crippen LogP contribution in [0.25, 0.3) is 0 Å². The molecule has 3 N–H and O–H groups in total. The van der Waals surface area contributed by atoms with E-state index in [4.69, 9.17) is 15.2 Å². The van der Waals surface area contributed by atoms with E-state index in [0.717, 1.165) is 52.3 Å². The fourth-order valence-corrected chi connectivity index (χ4v) is 2.76. The number of aryl methyl sites for hydroxylation is 2. The topological polar surface area (TPSA) is 99.6 Å². The van der Waals surface area contributed by atoms with Crippen molar-refractivity contribution >= 4 is 11.9 Å². The fraction of sp³-hybridized carbons (Fsp3) is 0.444. The van der Waals surface area contributed by atoms with Gasteiger partial charge in [0.05, 0.1) is 19.9 Å². The highest BCUT2D eigenvalue weighted by Gasteiger charge is 2.18. The van der Waals surface area contributed by atoms with Gasteiger partial charge in [-0.1, -0.05) is 13.3 Å². The molecule has 0 aliphatic carbocycles. The molecule has 0 spiro atoms. The van der Waals surface area contributed by atoms with Gasteiger partial charge < -0.3 is 20.3 Å². The SMILES string of the molecule is CCCCc1c(CCc2cc(OC)cc(OC)c2)nn(C(=O)O)c1N. The molecule has 0 unspecified atom stereocenters. The zero-order valence-electron chi connectivity index (χ0n) is 14.9. The van der Waals surface area contributed by atoms with Gasteiger partial charge in [-0.05, 0) is 43.4 Å². The minimum absolute atomic E-state index is 0.221. The van der Waals surface area contributed by atoms with Crippen LogP contribution in [0, 0.1) is 0 Å². The number of carboxylic acid groups (broad SMARTS) is 1. The largest absolute Gasteiger partial charge is 0.497 e. The van der Waals surface area contributed by atoms with E-state index in [0.29, 0.717) is 12.8 Å². The summed E-state index contributed by atoms with van der Waals surface area (Å²) in [4.78, 5) is 11.3. The first kappa shape index (κ1) is 18.6. The molecule has 0 saturated carbocycles. The highest BCUT2D eigenvalue weighted by molar-refractivity contribution is 5.72. The third-order valence-corrected chi connectivity index (χ3v) is 4.13. The molecule has 0 saturated heterocycles. The molecule has 1 aromatic heterocycles. The number of nitrogens with two attached hydrogens (primary N) is 1. The van der Waals surface area contributed by atoms with Gasteiger partial charge in [0.15, 0.2) is 0 Å². The first-order chi connectivity index (χ1) is 12.0. The maximum absolute atomic E-state index is 11.3. The molecular weight excluding hydrogens is 322 g/mol. The standard InChI is InChI=1S/C18H25N3O4/c1-4-5-6-15-16(20-21(17(15)19)18(22)23)8-7-12-9-13(24-2)11-14(10-12)25-3/h9-11H,4-8,19H2,1-3H3,(H,22,23). The predicted molar refractivity (Wildman–Crippen MR) is 95.6 cm³/mol. The van der Waals surface area contributed by atoms with Crippen LogP contribution in [0.1, 0.15) is 36.6 Å². The smallest absolute Gasteiger partial charge is 0.434 e. The average Bonchev–Trinajstić information content (AvgIpc) is 2.93. The van der Waals surface area contributed by atoms with Crippen molar-refractivity contribution in [3.05, 3.63) is 35.0 Å². The number of methoxy groups -OCH3 is 2. The molecule has 0 radical (unpaired) electrons. The molecule has 136 valence electrons. The van der Waals surface area contributed by atoms with Crippen molar-refractivity contribution in [2.75, 3.05) is 20.0 Å². The Labute approximate surface area is 147 Å². The number of nitrogen functional groups attached to an aromatic ring is 1. The highest BCUT2D eigenvalue weighted by Crippen LogP contribution is 2.25. The van der Waals surface area contributed by atoms with Gasteiger partial charge in [0.25, 0.3) is 0 Å². The Morgan fingerprint density at radius 3 is 2.32 bits per heavy atom. The van der Waals surface area contributed by atoms with Crippen LogP contribution in [0.15, 0.2) is 18.2 Å². The molecule has 0 aliphatic heterocycles. The van der Waals surface area contributed by atoms with Gasteiger partial charge in [0, 0.05) is 11.6 Å². The van der Waals surface area contributed by atoms with Crippen LogP contribution in [0.4, 0.5) is 10.6 Å². The van der Waals surface area contributed by atoms with Crippen LogP contribution in [-0.2, 0) is 19.3 Å². The number of hydrogen-bond acceptors (Lipinski definition) is 5. The summed E-state index contributed by atoms with van der Waals surface area (Å²) in [5, 5.41) is 13.4. The summed E-state index contributed by atoms with van der Waals surface area (Å²) in [5.41, 5.74) is 8.58. The molecule has 1 aromatic carbocycles. The molecule has 2 rings (SSSR count). The maximum atomic E-state index is 11.3. The van der Waals surface area contributed by atoms with E-state index in [1.54, 1.807) is 14.2 Å². The van der Waals surface area contributed by atoms with Crippen LogP contribution in [0.5, 0.6) is 11.5 Å². The molecule has 0 bridgehead atoms. The minimum atomic E-state index is -1.16. The third kappa shape index (κ3) is 4.43. The number of hydrogen-bond donors (Lipinski definition) is 2. The lowest BCUT2D eigenvalue weighted by Gasteiger charge is -2.08. The number of aromatic nitrogens is 2. The molecule has 0 amide bonds. The lowest BCUT2D eigenvalue weighted by atomic mass is 10.0.